The fourth-order valence-corrected chi connectivity index (χ4v) is 7.38. The molecule has 2 fully saturated rings. The summed E-state index contributed by atoms with van der Waals surface area (Å²) in [6.07, 6.45) is 23.4. The average molecular weight is 496 g/mol. The van der Waals surface area contributed by atoms with Gasteiger partial charge in [-0.2, -0.15) is 0 Å². The Labute approximate surface area is 203 Å². The van der Waals surface area contributed by atoms with E-state index in [4.69, 9.17) is 0 Å². The molecule has 2 saturated carbocycles. The van der Waals surface area contributed by atoms with E-state index < -0.39 is 0 Å². The zero-order valence-corrected chi connectivity index (χ0v) is 21.3. The van der Waals surface area contributed by atoms with Crippen LogP contribution in [0.25, 0.3) is 0 Å². The van der Waals surface area contributed by atoms with Crippen LogP contribution in [0.1, 0.15) is 96.0 Å². The molecule has 4 rings (SSSR count). The van der Waals surface area contributed by atoms with Gasteiger partial charge < -0.3 is 0 Å². The Kier molecular flexibility index (Phi) is 7.95. The molecule has 0 saturated heterocycles. The molecule has 0 aliphatic heterocycles. The first-order chi connectivity index (χ1) is 15.6. The summed E-state index contributed by atoms with van der Waals surface area (Å²) < 4.78 is 0.0175. The van der Waals surface area contributed by atoms with Crippen molar-refractivity contribution in [2.75, 3.05) is 0 Å². The van der Waals surface area contributed by atoms with Gasteiger partial charge in [-0.3, -0.25) is 0 Å². The third-order valence-corrected chi connectivity index (χ3v) is 9.75. The largest absolute Gasteiger partial charge is 0.233 e. The standard InChI is InChI=1S/C30H39BrO/c1-2-3-6-11-24-14-16-26(17-15-24)30(25-12-7-4-8-13-25)21-18-27(22-28(30)23-32)29(31)19-9-5-10-20-29/h4,7-8,12-13,18,21-22,24,26H,2-3,5-6,9-11,14-17,19-20H2,1H3/t24-,26-,30?. The molecule has 0 bridgehead atoms. The molecular formula is C30H39BrO. The number of benzene rings is 1. The summed E-state index contributed by atoms with van der Waals surface area (Å²) in [5.74, 6) is 3.78. The summed E-state index contributed by atoms with van der Waals surface area (Å²) in [4.78, 5) is 12.5. The molecule has 1 nitrogen and oxygen atoms in total. The zero-order valence-electron chi connectivity index (χ0n) is 19.8. The van der Waals surface area contributed by atoms with E-state index in [-0.39, 0.29) is 9.74 Å². The molecule has 2 heteroatoms. The molecule has 32 heavy (non-hydrogen) atoms. The van der Waals surface area contributed by atoms with Gasteiger partial charge in [-0.05, 0) is 54.7 Å². The van der Waals surface area contributed by atoms with Crippen molar-refractivity contribution >= 4 is 21.9 Å². The van der Waals surface area contributed by atoms with Gasteiger partial charge in [-0.1, -0.05) is 123 Å². The van der Waals surface area contributed by atoms with E-state index in [1.54, 1.807) is 0 Å². The Hall–Kier alpha value is -1.37. The van der Waals surface area contributed by atoms with Gasteiger partial charge in [0.1, 0.15) is 5.94 Å². The van der Waals surface area contributed by atoms with Crippen molar-refractivity contribution in [3.05, 3.63) is 65.3 Å². The van der Waals surface area contributed by atoms with Gasteiger partial charge in [-0.25, -0.2) is 4.79 Å². The van der Waals surface area contributed by atoms with Crippen molar-refractivity contribution in [1.29, 1.82) is 0 Å². The van der Waals surface area contributed by atoms with Crippen molar-refractivity contribution in [1.82, 2.24) is 0 Å². The van der Waals surface area contributed by atoms with Gasteiger partial charge in [0.05, 0.1) is 15.3 Å². The van der Waals surface area contributed by atoms with Gasteiger partial charge >= 0.3 is 0 Å². The van der Waals surface area contributed by atoms with Crippen LogP contribution in [0, 0.1) is 11.8 Å². The van der Waals surface area contributed by atoms with Crippen LogP contribution in [0.5, 0.6) is 0 Å². The van der Waals surface area contributed by atoms with Gasteiger partial charge in [0.25, 0.3) is 0 Å². The molecule has 0 amide bonds. The first-order valence-corrected chi connectivity index (χ1v) is 13.8. The molecule has 3 aliphatic carbocycles. The Bertz CT molecular complexity index is 861. The lowest BCUT2D eigenvalue weighted by atomic mass is 9.58. The lowest BCUT2D eigenvalue weighted by Gasteiger charge is -2.45. The first kappa shape index (κ1) is 23.8. The fraction of sp³-hybridized carbons (Fsp3) is 0.600. The number of hydrogen-bond acceptors (Lipinski definition) is 1. The molecule has 0 N–H and O–H groups in total. The highest BCUT2D eigenvalue weighted by atomic mass is 79.9. The SMILES string of the molecule is CCCCC[C@H]1CC[C@H](C2(c3ccccc3)C=CC(C3(Br)CCCCC3)=CC2=C=O)CC1. The monoisotopic (exact) mass is 494 g/mol. The second-order valence-electron chi connectivity index (χ2n) is 10.4. The predicted octanol–water partition coefficient (Wildman–Crippen LogP) is 8.66. The molecular weight excluding hydrogens is 456 g/mol. The Morgan fingerprint density at radius 2 is 1.72 bits per heavy atom. The molecule has 1 atom stereocenters. The van der Waals surface area contributed by atoms with Crippen molar-refractivity contribution in [2.45, 2.75) is 100 Å². The van der Waals surface area contributed by atoms with E-state index in [1.165, 1.54) is 81.8 Å². The molecule has 1 aromatic rings. The minimum Gasteiger partial charge on any atom is -0.233 e. The maximum atomic E-state index is 12.5. The normalized spacial score (nSPS) is 29.9. The van der Waals surface area contributed by atoms with Gasteiger partial charge in [0.15, 0.2) is 0 Å². The lowest BCUT2D eigenvalue weighted by Crippen LogP contribution is -2.40. The van der Waals surface area contributed by atoms with Crippen LogP contribution >= 0.6 is 15.9 Å². The third-order valence-electron chi connectivity index (χ3n) is 8.50. The summed E-state index contributed by atoms with van der Waals surface area (Å²) in [7, 11) is 0. The maximum absolute atomic E-state index is 12.5. The van der Waals surface area contributed by atoms with Gasteiger partial charge in [-0.15, -0.1) is 0 Å². The lowest BCUT2D eigenvalue weighted by molar-refractivity contribution is 0.212. The third kappa shape index (κ3) is 4.78. The second kappa shape index (κ2) is 10.7. The Morgan fingerprint density at radius 1 is 1.00 bits per heavy atom. The highest BCUT2D eigenvalue weighted by Gasteiger charge is 2.46. The fourth-order valence-electron chi connectivity index (χ4n) is 6.57. The van der Waals surface area contributed by atoms with Crippen LogP contribution in [-0.2, 0) is 10.2 Å². The van der Waals surface area contributed by atoms with E-state index >= 15 is 0 Å². The number of hydrogen-bond donors (Lipinski definition) is 0. The molecule has 0 aromatic heterocycles. The minimum atomic E-state index is -0.334. The number of rotatable bonds is 7. The van der Waals surface area contributed by atoms with E-state index in [1.807, 2.05) is 0 Å². The zero-order chi connectivity index (χ0) is 22.4. The molecule has 172 valence electrons. The number of allylic oxidation sites excluding steroid dienone is 5. The predicted molar refractivity (Wildman–Crippen MR) is 139 cm³/mol. The highest BCUT2D eigenvalue weighted by Crippen LogP contribution is 2.52. The van der Waals surface area contributed by atoms with Crippen molar-refractivity contribution in [3.8, 4) is 0 Å². The quantitative estimate of drug-likeness (QED) is 0.210. The number of unbranched alkanes of at least 4 members (excludes halogenated alkanes) is 2. The molecule has 0 spiro atoms. The average Bonchev–Trinajstić information content (AvgIpc) is 2.85. The van der Waals surface area contributed by atoms with Crippen molar-refractivity contribution in [3.63, 3.8) is 0 Å². The van der Waals surface area contributed by atoms with Crippen LogP contribution in [0.3, 0.4) is 0 Å². The van der Waals surface area contributed by atoms with E-state index in [9.17, 15) is 4.79 Å². The molecule has 0 heterocycles. The van der Waals surface area contributed by atoms with Crippen LogP contribution < -0.4 is 0 Å². The van der Waals surface area contributed by atoms with E-state index in [0.717, 1.165) is 24.3 Å². The van der Waals surface area contributed by atoms with Crippen molar-refractivity contribution in [2.24, 2.45) is 11.8 Å². The number of halogens is 1. The van der Waals surface area contributed by atoms with Crippen molar-refractivity contribution < 1.29 is 4.79 Å². The highest BCUT2D eigenvalue weighted by molar-refractivity contribution is 9.10. The summed E-state index contributed by atoms with van der Waals surface area (Å²) >= 11 is 4.08. The van der Waals surface area contributed by atoms with Crippen LogP contribution in [-0.4, -0.2) is 10.3 Å². The first-order valence-electron chi connectivity index (χ1n) is 13.0. The summed E-state index contributed by atoms with van der Waals surface area (Å²) in [6.45, 7) is 2.29. The minimum absolute atomic E-state index is 0.0175. The topological polar surface area (TPSA) is 17.1 Å². The number of carbonyl (C=O) groups excluding carboxylic acids is 1. The van der Waals surface area contributed by atoms with Crippen LogP contribution in [0.4, 0.5) is 0 Å². The molecule has 1 unspecified atom stereocenters. The van der Waals surface area contributed by atoms with Gasteiger partial charge in [0, 0.05) is 0 Å². The van der Waals surface area contributed by atoms with Gasteiger partial charge in [0.2, 0.25) is 0 Å². The second-order valence-corrected chi connectivity index (χ2v) is 11.9. The van der Waals surface area contributed by atoms with E-state index in [0.29, 0.717) is 5.92 Å². The van der Waals surface area contributed by atoms with E-state index in [2.05, 4.69) is 77.4 Å². The number of alkyl halides is 1. The Balaban J connectivity index is 1.63. The summed E-state index contributed by atoms with van der Waals surface area (Å²) in [5, 5.41) is 0. The Morgan fingerprint density at radius 3 is 2.38 bits per heavy atom. The maximum Gasteiger partial charge on any atom is 0.129 e. The molecule has 3 aliphatic rings. The van der Waals surface area contributed by atoms with Crippen LogP contribution in [0.15, 0.2) is 59.7 Å². The molecule has 0 radical (unpaired) electrons. The molecule has 1 aromatic carbocycles. The van der Waals surface area contributed by atoms with Crippen LogP contribution in [0.2, 0.25) is 0 Å². The smallest absolute Gasteiger partial charge is 0.129 e. The summed E-state index contributed by atoms with van der Waals surface area (Å²) in [6, 6.07) is 10.8. The summed E-state index contributed by atoms with van der Waals surface area (Å²) in [5.41, 5.74) is 3.04.